The van der Waals surface area contributed by atoms with Crippen molar-refractivity contribution in [2.75, 3.05) is 0 Å². The van der Waals surface area contributed by atoms with Crippen LogP contribution in [0.4, 0.5) is 0 Å². The molecule has 1 heteroatoms. The molecule has 2 aromatic rings. The van der Waals surface area contributed by atoms with Crippen molar-refractivity contribution >= 4 is 5.52 Å². The van der Waals surface area contributed by atoms with Gasteiger partial charge in [0.05, 0.1) is 0 Å². The van der Waals surface area contributed by atoms with Crippen molar-refractivity contribution in [2.45, 2.75) is 20.3 Å². The number of hydrogen-bond donors (Lipinski definition) is 0. The largest absolute Gasteiger partial charge is 0.321 e. The Morgan fingerprint density at radius 3 is 2.69 bits per heavy atom. The van der Waals surface area contributed by atoms with Crippen molar-refractivity contribution in [2.24, 2.45) is 5.92 Å². The molecule has 0 aliphatic carbocycles. The first-order valence-electron chi connectivity index (χ1n) is 4.82. The van der Waals surface area contributed by atoms with Gasteiger partial charge in [-0.3, -0.25) is 0 Å². The summed E-state index contributed by atoms with van der Waals surface area (Å²) in [7, 11) is 0. The molecule has 0 N–H and O–H groups in total. The molecule has 0 spiro atoms. The summed E-state index contributed by atoms with van der Waals surface area (Å²) in [5, 5.41) is 0. The Kier molecular flexibility index (Phi) is 2.09. The van der Waals surface area contributed by atoms with E-state index in [9.17, 15) is 0 Å². The molecular formula is C12H15N. The molecule has 0 bridgehead atoms. The summed E-state index contributed by atoms with van der Waals surface area (Å²) in [5.41, 5.74) is 2.69. The van der Waals surface area contributed by atoms with Gasteiger partial charge in [-0.25, -0.2) is 0 Å². The lowest BCUT2D eigenvalue weighted by Crippen LogP contribution is -2.00. The van der Waals surface area contributed by atoms with Crippen LogP contribution in [0.15, 0.2) is 36.5 Å². The zero-order valence-corrected chi connectivity index (χ0v) is 8.20. The Labute approximate surface area is 79.0 Å². The van der Waals surface area contributed by atoms with E-state index in [4.69, 9.17) is 0 Å². The number of aromatic nitrogens is 1. The van der Waals surface area contributed by atoms with Crippen LogP contribution in [-0.2, 0) is 6.42 Å². The molecule has 1 nitrogen and oxygen atoms in total. The number of nitrogens with zero attached hydrogens (tertiary/aromatic N) is 1. The van der Waals surface area contributed by atoms with Crippen LogP contribution >= 0.6 is 0 Å². The highest BCUT2D eigenvalue weighted by Crippen LogP contribution is 2.12. The maximum Gasteiger partial charge on any atom is 0.0452 e. The van der Waals surface area contributed by atoms with Crippen LogP contribution in [0.5, 0.6) is 0 Å². The Hall–Kier alpha value is -1.24. The van der Waals surface area contributed by atoms with Crippen LogP contribution < -0.4 is 0 Å². The molecule has 0 amide bonds. The van der Waals surface area contributed by atoms with Gasteiger partial charge in [-0.1, -0.05) is 19.9 Å². The maximum atomic E-state index is 2.26. The van der Waals surface area contributed by atoms with Crippen molar-refractivity contribution in [3.63, 3.8) is 0 Å². The summed E-state index contributed by atoms with van der Waals surface area (Å²) in [4.78, 5) is 0. The van der Waals surface area contributed by atoms with E-state index >= 15 is 0 Å². The van der Waals surface area contributed by atoms with Crippen molar-refractivity contribution in [3.8, 4) is 0 Å². The summed E-state index contributed by atoms with van der Waals surface area (Å²) in [5.74, 6) is 0.716. The summed E-state index contributed by atoms with van der Waals surface area (Å²) in [6.07, 6.45) is 3.28. The standard InChI is InChI=1S/C12H15N/c1-10(2)9-12-6-3-5-11-7-4-8-13(11)12/h3-8,10H,9H2,1-2H3. The van der Waals surface area contributed by atoms with Crippen LogP contribution in [-0.4, -0.2) is 4.40 Å². The smallest absolute Gasteiger partial charge is 0.0452 e. The van der Waals surface area contributed by atoms with Gasteiger partial charge >= 0.3 is 0 Å². The highest BCUT2D eigenvalue weighted by molar-refractivity contribution is 5.48. The van der Waals surface area contributed by atoms with Gasteiger partial charge in [0.15, 0.2) is 0 Å². The minimum Gasteiger partial charge on any atom is -0.321 e. The van der Waals surface area contributed by atoms with Gasteiger partial charge in [0.25, 0.3) is 0 Å². The van der Waals surface area contributed by atoms with Crippen LogP contribution in [0.25, 0.3) is 5.52 Å². The van der Waals surface area contributed by atoms with E-state index in [0.29, 0.717) is 5.92 Å². The SMILES string of the molecule is CC(C)Cc1cccc2cccn12. The third kappa shape index (κ3) is 1.59. The normalized spacial score (nSPS) is 11.3. The molecule has 0 atom stereocenters. The zero-order chi connectivity index (χ0) is 9.26. The van der Waals surface area contributed by atoms with E-state index in [0.717, 1.165) is 6.42 Å². The van der Waals surface area contributed by atoms with Gasteiger partial charge in [-0.05, 0) is 36.6 Å². The zero-order valence-electron chi connectivity index (χ0n) is 8.20. The Bertz CT molecular complexity index is 398. The molecule has 0 saturated carbocycles. The molecule has 0 saturated heterocycles. The van der Waals surface area contributed by atoms with E-state index in [1.165, 1.54) is 11.2 Å². The first-order valence-corrected chi connectivity index (χ1v) is 4.82. The molecule has 2 rings (SSSR count). The van der Waals surface area contributed by atoms with E-state index in [1.54, 1.807) is 0 Å². The number of fused-ring (bicyclic) bond motifs is 1. The monoisotopic (exact) mass is 173 g/mol. The lowest BCUT2D eigenvalue weighted by molar-refractivity contribution is 0.630. The second kappa shape index (κ2) is 3.25. The summed E-state index contributed by atoms with van der Waals surface area (Å²) >= 11 is 0. The molecule has 0 radical (unpaired) electrons. The Morgan fingerprint density at radius 1 is 1.15 bits per heavy atom. The molecule has 68 valence electrons. The topological polar surface area (TPSA) is 4.41 Å². The Morgan fingerprint density at radius 2 is 1.92 bits per heavy atom. The van der Waals surface area contributed by atoms with Gasteiger partial charge in [0, 0.05) is 17.4 Å². The fourth-order valence-electron chi connectivity index (χ4n) is 1.71. The fourth-order valence-corrected chi connectivity index (χ4v) is 1.71. The second-order valence-electron chi connectivity index (χ2n) is 3.92. The van der Waals surface area contributed by atoms with E-state index in [-0.39, 0.29) is 0 Å². The lowest BCUT2D eigenvalue weighted by atomic mass is 10.1. The fraction of sp³-hybridized carbons (Fsp3) is 0.333. The van der Waals surface area contributed by atoms with Gasteiger partial charge in [-0.2, -0.15) is 0 Å². The van der Waals surface area contributed by atoms with Crippen molar-refractivity contribution in [1.29, 1.82) is 0 Å². The molecule has 13 heavy (non-hydrogen) atoms. The average Bonchev–Trinajstić information content (AvgIpc) is 2.51. The third-order valence-corrected chi connectivity index (χ3v) is 2.26. The number of rotatable bonds is 2. The van der Waals surface area contributed by atoms with Crippen LogP contribution in [0.1, 0.15) is 19.5 Å². The van der Waals surface area contributed by atoms with Crippen LogP contribution in [0.3, 0.4) is 0 Å². The van der Waals surface area contributed by atoms with Gasteiger partial charge in [0.1, 0.15) is 0 Å². The van der Waals surface area contributed by atoms with Crippen molar-refractivity contribution < 1.29 is 0 Å². The molecule has 0 aromatic carbocycles. The molecule has 2 aromatic heterocycles. The summed E-state index contributed by atoms with van der Waals surface area (Å²) in [6, 6.07) is 10.7. The highest BCUT2D eigenvalue weighted by atomic mass is 14.9. The van der Waals surface area contributed by atoms with E-state index in [1.807, 2.05) is 0 Å². The second-order valence-corrected chi connectivity index (χ2v) is 3.92. The summed E-state index contributed by atoms with van der Waals surface area (Å²) < 4.78 is 2.26. The number of hydrogen-bond acceptors (Lipinski definition) is 0. The number of pyridine rings is 1. The maximum absolute atomic E-state index is 2.26. The predicted molar refractivity (Wildman–Crippen MR) is 55.9 cm³/mol. The van der Waals surface area contributed by atoms with E-state index in [2.05, 4.69) is 54.8 Å². The molecule has 2 heterocycles. The first kappa shape index (κ1) is 8.36. The predicted octanol–water partition coefficient (Wildman–Crippen LogP) is 3.14. The molecule has 0 fully saturated rings. The van der Waals surface area contributed by atoms with Gasteiger partial charge in [-0.15, -0.1) is 0 Å². The highest BCUT2D eigenvalue weighted by Gasteiger charge is 2.01. The van der Waals surface area contributed by atoms with Gasteiger partial charge < -0.3 is 4.40 Å². The lowest BCUT2D eigenvalue weighted by Gasteiger charge is -2.08. The van der Waals surface area contributed by atoms with Crippen LogP contribution in [0.2, 0.25) is 0 Å². The van der Waals surface area contributed by atoms with Crippen molar-refractivity contribution in [3.05, 3.63) is 42.2 Å². The summed E-state index contributed by atoms with van der Waals surface area (Å²) in [6.45, 7) is 4.50. The van der Waals surface area contributed by atoms with Crippen LogP contribution in [0, 0.1) is 5.92 Å². The molecule has 0 unspecified atom stereocenters. The minimum atomic E-state index is 0.716. The molecular weight excluding hydrogens is 158 g/mol. The van der Waals surface area contributed by atoms with E-state index < -0.39 is 0 Å². The molecule has 0 aliphatic heterocycles. The average molecular weight is 173 g/mol. The quantitative estimate of drug-likeness (QED) is 0.657. The third-order valence-electron chi connectivity index (χ3n) is 2.26. The Balaban J connectivity index is 2.48. The minimum absolute atomic E-state index is 0.716. The van der Waals surface area contributed by atoms with Crippen molar-refractivity contribution in [1.82, 2.24) is 4.40 Å². The van der Waals surface area contributed by atoms with Gasteiger partial charge in [0.2, 0.25) is 0 Å². The molecule has 0 aliphatic rings. The first-order chi connectivity index (χ1) is 6.27.